The topological polar surface area (TPSA) is 45.3 Å². The number of amides is 1. The van der Waals surface area contributed by atoms with Crippen molar-refractivity contribution < 1.29 is 9.53 Å². The van der Waals surface area contributed by atoms with E-state index in [-0.39, 0.29) is 12.0 Å². The quantitative estimate of drug-likeness (QED) is 0.933. The van der Waals surface area contributed by atoms with Crippen molar-refractivity contribution >= 4 is 16.8 Å². The Morgan fingerprint density at radius 2 is 2.30 bits per heavy atom. The van der Waals surface area contributed by atoms with Crippen LogP contribution in [0.25, 0.3) is 10.9 Å². The number of ether oxygens (including phenoxy) is 1. The number of aromatic nitrogens is 1. The van der Waals surface area contributed by atoms with Crippen molar-refractivity contribution in [2.45, 2.75) is 25.4 Å². The van der Waals surface area contributed by atoms with E-state index in [0.717, 1.165) is 35.9 Å². The smallest absolute Gasteiger partial charge is 0.254 e. The van der Waals surface area contributed by atoms with Crippen LogP contribution in [0.5, 0.6) is 0 Å². The second kappa shape index (κ2) is 5.67. The molecule has 2 heterocycles. The summed E-state index contributed by atoms with van der Waals surface area (Å²) < 4.78 is 5.71. The molecule has 106 valence electrons. The lowest BCUT2D eigenvalue weighted by molar-refractivity contribution is -0.000152. The Morgan fingerprint density at radius 1 is 1.40 bits per heavy atom. The van der Waals surface area contributed by atoms with Crippen molar-refractivity contribution in [1.29, 1.82) is 0 Å². The minimum atomic E-state index is 0.0596. The van der Waals surface area contributed by atoms with Gasteiger partial charge in [0.05, 0.1) is 6.10 Å². The molecule has 1 fully saturated rings. The van der Waals surface area contributed by atoms with Gasteiger partial charge >= 0.3 is 0 Å². The normalized spacial score (nSPS) is 19.1. The van der Waals surface area contributed by atoms with Gasteiger partial charge in [0.15, 0.2) is 0 Å². The van der Waals surface area contributed by atoms with Crippen LogP contribution in [0.1, 0.15) is 29.6 Å². The van der Waals surface area contributed by atoms with E-state index < -0.39 is 0 Å². The van der Waals surface area contributed by atoms with Gasteiger partial charge in [-0.1, -0.05) is 6.07 Å². The number of likely N-dealkylation sites (N-methyl/N-ethyl adjacent to an activating group) is 1. The van der Waals surface area contributed by atoms with E-state index in [9.17, 15) is 4.79 Å². The number of carbonyl (C=O) groups is 1. The van der Waals surface area contributed by atoms with Gasteiger partial charge in [-0.15, -0.1) is 0 Å². The molecule has 1 aromatic heterocycles. The Labute approximate surface area is 118 Å². The molecular formula is C16H20N2O2. The second-order valence-corrected chi connectivity index (χ2v) is 5.42. The van der Waals surface area contributed by atoms with E-state index in [1.807, 2.05) is 37.5 Å². The molecule has 1 unspecified atom stereocenters. The minimum absolute atomic E-state index is 0.0596. The van der Waals surface area contributed by atoms with Crippen molar-refractivity contribution in [2.75, 3.05) is 20.2 Å². The zero-order chi connectivity index (χ0) is 13.9. The summed E-state index contributed by atoms with van der Waals surface area (Å²) in [6.07, 6.45) is 5.43. The Hall–Kier alpha value is -1.81. The van der Waals surface area contributed by atoms with E-state index in [4.69, 9.17) is 4.74 Å². The molecule has 1 aliphatic rings. The first kappa shape index (κ1) is 13.2. The molecule has 1 saturated heterocycles. The highest BCUT2D eigenvalue weighted by Crippen LogP contribution is 2.20. The minimum Gasteiger partial charge on any atom is -0.376 e. The number of fused-ring (bicyclic) bond motifs is 1. The van der Waals surface area contributed by atoms with Crippen molar-refractivity contribution in [3.05, 3.63) is 36.0 Å². The summed E-state index contributed by atoms with van der Waals surface area (Å²) in [6.45, 7) is 1.49. The predicted octanol–water partition coefficient (Wildman–Crippen LogP) is 2.81. The molecular weight excluding hydrogens is 252 g/mol. The van der Waals surface area contributed by atoms with Gasteiger partial charge in [0.1, 0.15) is 0 Å². The van der Waals surface area contributed by atoms with Crippen LogP contribution in [0, 0.1) is 0 Å². The Morgan fingerprint density at radius 3 is 3.10 bits per heavy atom. The largest absolute Gasteiger partial charge is 0.376 e. The summed E-state index contributed by atoms with van der Waals surface area (Å²) in [5.74, 6) is 0.0596. The fourth-order valence-electron chi connectivity index (χ4n) is 2.82. The number of H-pyrrole nitrogens is 1. The van der Waals surface area contributed by atoms with Gasteiger partial charge in [-0.3, -0.25) is 4.79 Å². The van der Waals surface area contributed by atoms with Gasteiger partial charge in [0.25, 0.3) is 5.91 Å². The number of hydrogen-bond acceptors (Lipinski definition) is 2. The summed E-state index contributed by atoms with van der Waals surface area (Å²) >= 11 is 0. The van der Waals surface area contributed by atoms with E-state index >= 15 is 0 Å². The van der Waals surface area contributed by atoms with Crippen LogP contribution < -0.4 is 0 Å². The molecule has 4 heteroatoms. The van der Waals surface area contributed by atoms with Crippen LogP contribution in [-0.4, -0.2) is 42.1 Å². The fourth-order valence-corrected chi connectivity index (χ4v) is 2.82. The predicted molar refractivity (Wildman–Crippen MR) is 78.9 cm³/mol. The van der Waals surface area contributed by atoms with Crippen LogP contribution in [0.3, 0.4) is 0 Å². The molecule has 20 heavy (non-hydrogen) atoms. The van der Waals surface area contributed by atoms with E-state index in [0.29, 0.717) is 6.54 Å². The maximum Gasteiger partial charge on any atom is 0.254 e. The maximum absolute atomic E-state index is 12.6. The SMILES string of the molecule is CN(CC1CCCCO1)C(=O)c1cccc2[nH]ccc12. The van der Waals surface area contributed by atoms with Crippen molar-refractivity contribution in [3.63, 3.8) is 0 Å². The first-order valence-corrected chi connectivity index (χ1v) is 7.19. The first-order valence-electron chi connectivity index (χ1n) is 7.19. The monoisotopic (exact) mass is 272 g/mol. The van der Waals surface area contributed by atoms with Crippen LogP contribution in [0.4, 0.5) is 0 Å². The molecule has 1 atom stereocenters. The molecule has 1 N–H and O–H groups in total. The molecule has 3 rings (SSSR count). The molecule has 1 aromatic carbocycles. The number of aromatic amines is 1. The van der Waals surface area contributed by atoms with Crippen LogP contribution in [0.15, 0.2) is 30.5 Å². The van der Waals surface area contributed by atoms with Gasteiger partial charge < -0.3 is 14.6 Å². The molecule has 0 spiro atoms. The molecule has 0 bridgehead atoms. The molecule has 1 aliphatic heterocycles. The lowest BCUT2D eigenvalue weighted by Gasteiger charge is -2.27. The zero-order valence-electron chi connectivity index (χ0n) is 11.8. The molecule has 1 amide bonds. The number of hydrogen-bond donors (Lipinski definition) is 1. The number of nitrogens with one attached hydrogen (secondary N) is 1. The fraction of sp³-hybridized carbons (Fsp3) is 0.438. The van der Waals surface area contributed by atoms with E-state index in [1.165, 1.54) is 6.42 Å². The summed E-state index contributed by atoms with van der Waals surface area (Å²) in [5.41, 5.74) is 1.75. The van der Waals surface area contributed by atoms with Gasteiger partial charge in [-0.25, -0.2) is 0 Å². The maximum atomic E-state index is 12.6. The molecule has 2 aromatic rings. The zero-order valence-corrected chi connectivity index (χ0v) is 11.8. The number of nitrogens with zero attached hydrogens (tertiary/aromatic N) is 1. The lowest BCUT2D eigenvalue weighted by atomic mass is 10.1. The van der Waals surface area contributed by atoms with Crippen LogP contribution in [0.2, 0.25) is 0 Å². The van der Waals surface area contributed by atoms with Crippen molar-refractivity contribution in [2.24, 2.45) is 0 Å². The summed E-state index contributed by atoms with van der Waals surface area (Å²) in [7, 11) is 1.85. The third-order valence-electron chi connectivity index (χ3n) is 3.92. The van der Waals surface area contributed by atoms with E-state index in [2.05, 4.69) is 4.98 Å². The average Bonchev–Trinajstić information content (AvgIpc) is 2.96. The third kappa shape index (κ3) is 2.56. The first-order chi connectivity index (χ1) is 9.75. The number of rotatable bonds is 3. The Kier molecular flexibility index (Phi) is 3.74. The second-order valence-electron chi connectivity index (χ2n) is 5.42. The van der Waals surface area contributed by atoms with Crippen molar-refractivity contribution in [1.82, 2.24) is 9.88 Å². The van der Waals surface area contributed by atoms with Gasteiger partial charge in [-0.05, 0) is 37.5 Å². The van der Waals surface area contributed by atoms with Gasteiger partial charge in [0.2, 0.25) is 0 Å². The lowest BCUT2D eigenvalue weighted by Crippen LogP contribution is -2.37. The van der Waals surface area contributed by atoms with Gasteiger partial charge in [0, 0.05) is 42.9 Å². The molecule has 0 radical (unpaired) electrons. The summed E-state index contributed by atoms with van der Waals surface area (Å²) in [5, 5.41) is 0.980. The number of carbonyl (C=O) groups excluding carboxylic acids is 1. The summed E-state index contributed by atoms with van der Waals surface area (Å²) in [6, 6.07) is 7.73. The van der Waals surface area contributed by atoms with Crippen molar-refractivity contribution in [3.8, 4) is 0 Å². The summed E-state index contributed by atoms with van der Waals surface area (Å²) in [4.78, 5) is 17.5. The molecule has 4 nitrogen and oxygen atoms in total. The van der Waals surface area contributed by atoms with Gasteiger partial charge in [-0.2, -0.15) is 0 Å². The Balaban J connectivity index is 1.75. The molecule has 0 aliphatic carbocycles. The average molecular weight is 272 g/mol. The highest BCUT2D eigenvalue weighted by molar-refractivity contribution is 6.06. The third-order valence-corrected chi connectivity index (χ3v) is 3.92. The standard InChI is InChI=1S/C16H20N2O2/c1-18(11-12-5-2-3-10-20-12)16(19)14-6-4-7-15-13(14)8-9-17-15/h4,6-9,12,17H,2-3,5,10-11H2,1H3. The van der Waals surface area contributed by atoms with Crippen LogP contribution >= 0.6 is 0 Å². The van der Waals surface area contributed by atoms with E-state index in [1.54, 1.807) is 4.90 Å². The number of benzene rings is 1. The highest BCUT2D eigenvalue weighted by atomic mass is 16.5. The highest BCUT2D eigenvalue weighted by Gasteiger charge is 2.20. The Bertz CT molecular complexity index is 599. The molecule has 0 saturated carbocycles. The van der Waals surface area contributed by atoms with Crippen LogP contribution in [-0.2, 0) is 4.74 Å².